The third-order valence-corrected chi connectivity index (χ3v) is 2.87. The predicted octanol–water partition coefficient (Wildman–Crippen LogP) is 1.40. The maximum Gasteiger partial charge on any atom is 0.274 e. The quantitative estimate of drug-likeness (QED) is 0.416. The molecule has 0 saturated heterocycles. The highest BCUT2D eigenvalue weighted by Gasteiger charge is 2.00. The van der Waals surface area contributed by atoms with E-state index >= 15 is 0 Å². The molecule has 0 saturated carbocycles. The average Bonchev–Trinajstić information content (AvgIpc) is 2.79. The summed E-state index contributed by atoms with van der Waals surface area (Å²) in [6.07, 6.45) is 2.56. The van der Waals surface area contributed by atoms with Gasteiger partial charge in [-0.05, 0) is 12.1 Å². The highest BCUT2D eigenvalue weighted by Crippen LogP contribution is 2.11. The fourth-order valence-electron chi connectivity index (χ4n) is 1.13. The lowest BCUT2D eigenvalue weighted by atomic mass is 10.5. The average molecular weight is 257 g/mol. The Morgan fingerprint density at radius 2 is 2.53 bits per heavy atom. The van der Waals surface area contributed by atoms with Gasteiger partial charge < -0.3 is 15.1 Å². The molecule has 0 aromatic carbocycles. The van der Waals surface area contributed by atoms with Crippen molar-refractivity contribution in [3.05, 3.63) is 46.3 Å². The first-order valence-electron chi connectivity index (χ1n) is 5.09. The first-order chi connectivity index (χ1) is 8.22. The molecule has 1 aromatic rings. The molecule has 0 aliphatic rings. The SMILES string of the molecule is CN/C(=C\[N+](=O)[O-])NCCSCc1ccco1. The van der Waals surface area contributed by atoms with E-state index in [0.29, 0.717) is 12.4 Å². The van der Waals surface area contributed by atoms with Gasteiger partial charge >= 0.3 is 0 Å². The minimum atomic E-state index is -0.491. The fraction of sp³-hybridized carbons (Fsp3) is 0.400. The lowest BCUT2D eigenvalue weighted by molar-refractivity contribution is -0.404. The number of furan rings is 1. The highest BCUT2D eigenvalue weighted by atomic mass is 32.2. The number of nitro groups is 1. The van der Waals surface area contributed by atoms with Crippen molar-refractivity contribution in [3.63, 3.8) is 0 Å². The molecule has 94 valence electrons. The third-order valence-electron chi connectivity index (χ3n) is 1.89. The summed E-state index contributed by atoms with van der Waals surface area (Å²) in [7, 11) is 1.64. The number of hydrogen-bond donors (Lipinski definition) is 2. The number of rotatable bonds is 8. The molecular weight excluding hydrogens is 242 g/mol. The molecule has 0 fully saturated rings. The van der Waals surface area contributed by atoms with Crippen molar-refractivity contribution < 1.29 is 9.34 Å². The Balaban J connectivity index is 2.13. The molecule has 2 N–H and O–H groups in total. The Kier molecular flexibility index (Phi) is 6.02. The summed E-state index contributed by atoms with van der Waals surface area (Å²) in [5, 5.41) is 15.9. The Hall–Kier alpha value is -1.63. The van der Waals surface area contributed by atoms with Gasteiger partial charge in [-0.15, -0.1) is 0 Å². The Bertz CT molecular complexity index is 365. The van der Waals surface area contributed by atoms with Crippen molar-refractivity contribution in [1.29, 1.82) is 0 Å². The number of nitrogens with one attached hydrogen (secondary N) is 2. The number of hydrogen-bond acceptors (Lipinski definition) is 6. The van der Waals surface area contributed by atoms with E-state index < -0.39 is 4.92 Å². The molecule has 0 radical (unpaired) electrons. The Morgan fingerprint density at radius 3 is 3.12 bits per heavy atom. The molecule has 1 aromatic heterocycles. The number of nitrogens with zero attached hydrogens (tertiary/aromatic N) is 1. The maximum absolute atomic E-state index is 10.2. The lowest BCUT2D eigenvalue weighted by Crippen LogP contribution is -2.26. The van der Waals surface area contributed by atoms with Crippen LogP contribution >= 0.6 is 11.8 Å². The van der Waals surface area contributed by atoms with Gasteiger partial charge in [0.1, 0.15) is 5.76 Å². The van der Waals surface area contributed by atoms with E-state index in [1.54, 1.807) is 25.1 Å². The zero-order valence-electron chi connectivity index (χ0n) is 9.51. The van der Waals surface area contributed by atoms with Crippen molar-refractivity contribution in [2.24, 2.45) is 0 Å². The molecule has 0 spiro atoms. The summed E-state index contributed by atoms with van der Waals surface area (Å²) < 4.78 is 5.18. The number of thioether (sulfide) groups is 1. The normalized spacial score (nSPS) is 11.2. The van der Waals surface area contributed by atoms with E-state index in [-0.39, 0.29) is 0 Å². The Morgan fingerprint density at radius 1 is 1.71 bits per heavy atom. The van der Waals surface area contributed by atoms with Gasteiger partial charge in [-0.2, -0.15) is 11.8 Å². The van der Waals surface area contributed by atoms with E-state index in [4.69, 9.17) is 4.42 Å². The van der Waals surface area contributed by atoms with Crippen LogP contribution < -0.4 is 10.6 Å². The maximum atomic E-state index is 10.2. The molecule has 0 bridgehead atoms. The second-order valence-corrected chi connectivity index (χ2v) is 4.24. The monoisotopic (exact) mass is 257 g/mol. The highest BCUT2D eigenvalue weighted by molar-refractivity contribution is 7.98. The summed E-state index contributed by atoms with van der Waals surface area (Å²) in [4.78, 5) is 9.75. The molecule has 6 nitrogen and oxygen atoms in total. The van der Waals surface area contributed by atoms with Crippen molar-refractivity contribution in [3.8, 4) is 0 Å². The van der Waals surface area contributed by atoms with Gasteiger partial charge in [-0.1, -0.05) is 0 Å². The van der Waals surface area contributed by atoms with Gasteiger partial charge in [0.15, 0.2) is 5.82 Å². The van der Waals surface area contributed by atoms with Gasteiger partial charge in [0.05, 0.1) is 16.9 Å². The third kappa shape index (κ3) is 5.86. The summed E-state index contributed by atoms with van der Waals surface area (Å²) in [6.45, 7) is 0.659. The van der Waals surface area contributed by atoms with E-state index in [9.17, 15) is 10.1 Å². The standard InChI is InChI=1S/C10H15N3O3S/c1-11-10(7-13(14)15)12-4-6-17-8-9-3-2-5-16-9/h2-3,5,7,11-12H,4,6,8H2,1H3/b10-7+. The molecule has 0 amide bonds. The molecule has 1 heterocycles. The zero-order chi connectivity index (χ0) is 12.5. The van der Waals surface area contributed by atoms with Crippen LogP contribution in [0.3, 0.4) is 0 Å². The first-order valence-corrected chi connectivity index (χ1v) is 6.25. The summed E-state index contributed by atoms with van der Waals surface area (Å²) in [5.74, 6) is 3.00. The van der Waals surface area contributed by atoms with Crippen LogP contribution in [0.4, 0.5) is 0 Å². The topological polar surface area (TPSA) is 80.3 Å². The first kappa shape index (κ1) is 13.4. The van der Waals surface area contributed by atoms with Gasteiger partial charge in [-0.25, -0.2) is 0 Å². The lowest BCUT2D eigenvalue weighted by Gasteiger charge is -2.06. The summed E-state index contributed by atoms with van der Waals surface area (Å²) >= 11 is 1.70. The van der Waals surface area contributed by atoms with Crippen LogP contribution in [-0.2, 0) is 5.75 Å². The minimum Gasteiger partial charge on any atom is -0.468 e. The summed E-state index contributed by atoms with van der Waals surface area (Å²) in [6, 6.07) is 3.78. The predicted molar refractivity (Wildman–Crippen MR) is 67.0 cm³/mol. The smallest absolute Gasteiger partial charge is 0.274 e. The van der Waals surface area contributed by atoms with Crippen LogP contribution in [0.1, 0.15) is 5.76 Å². The van der Waals surface area contributed by atoms with Gasteiger partial charge in [-0.3, -0.25) is 10.1 Å². The van der Waals surface area contributed by atoms with Gasteiger partial charge in [0.2, 0.25) is 0 Å². The van der Waals surface area contributed by atoms with Crippen LogP contribution in [0, 0.1) is 10.1 Å². The van der Waals surface area contributed by atoms with E-state index in [2.05, 4.69) is 10.6 Å². The summed E-state index contributed by atoms with van der Waals surface area (Å²) in [5.41, 5.74) is 0. The van der Waals surface area contributed by atoms with Gasteiger partial charge in [0, 0.05) is 19.3 Å². The second kappa shape index (κ2) is 7.61. The fourth-order valence-corrected chi connectivity index (χ4v) is 1.89. The van der Waals surface area contributed by atoms with E-state index in [1.807, 2.05) is 12.1 Å². The molecular formula is C10H15N3O3S. The van der Waals surface area contributed by atoms with E-state index in [0.717, 1.165) is 23.5 Å². The minimum absolute atomic E-state index is 0.411. The molecule has 0 atom stereocenters. The zero-order valence-corrected chi connectivity index (χ0v) is 10.3. The van der Waals surface area contributed by atoms with Gasteiger partial charge in [0.25, 0.3) is 6.20 Å². The largest absolute Gasteiger partial charge is 0.468 e. The molecule has 0 aliphatic carbocycles. The van der Waals surface area contributed by atoms with Crippen molar-refractivity contribution >= 4 is 11.8 Å². The van der Waals surface area contributed by atoms with Crippen molar-refractivity contribution in [2.75, 3.05) is 19.3 Å². The molecule has 1 rings (SSSR count). The van der Waals surface area contributed by atoms with Crippen LogP contribution in [0.15, 0.2) is 34.8 Å². The Labute approximate surface area is 104 Å². The molecule has 0 unspecified atom stereocenters. The molecule has 0 aliphatic heterocycles. The molecule has 7 heteroatoms. The second-order valence-electron chi connectivity index (χ2n) is 3.14. The van der Waals surface area contributed by atoms with Crippen LogP contribution in [0.2, 0.25) is 0 Å². The van der Waals surface area contributed by atoms with Crippen LogP contribution in [0.25, 0.3) is 0 Å². The van der Waals surface area contributed by atoms with Crippen molar-refractivity contribution in [2.45, 2.75) is 5.75 Å². The van der Waals surface area contributed by atoms with Crippen molar-refractivity contribution in [1.82, 2.24) is 10.6 Å². The van der Waals surface area contributed by atoms with Crippen LogP contribution in [0.5, 0.6) is 0 Å². The van der Waals surface area contributed by atoms with Crippen LogP contribution in [-0.4, -0.2) is 24.3 Å². The molecule has 17 heavy (non-hydrogen) atoms. The van der Waals surface area contributed by atoms with E-state index in [1.165, 1.54) is 0 Å².